The van der Waals surface area contributed by atoms with Crippen LogP contribution in [0.15, 0.2) is 107 Å². The van der Waals surface area contributed by atoms with Crippen molar-refractivity contribution in [1.82, 2.24) is 15.1 Å². The second-order valence-electron chi connectivity index (χ2n) is 20.9. The summed E-state index contributed by atoms with van der Waals surface area (Å²) in [7, 11) is 2.51. The number of benzene rings is 4. The maximum atomic E-state index is 13.4. The fraction of sp³-hybridized carbons (Fsp3) is 0.474. The third kappa shape index (κ3) is 14.3. The highest BCUT2D eigenvalue weighted by Crippen LogP contribution is 2.49. The first kappa shape index (κ1) is 62.7. The molecule has 8 rings (SSSR count). The summed E-state index contributed by atoms with van der Waals surface area (Å²) >= 11 is 0. The molecule has 4 atom stereocenters. The molecule has 2 fully saturated rings. The van der Waals surface area contributed by atoms with Crippen molar-refractivity contribution in [2.45, 2.75) is 124 Å². The number of halogens is 12. The average molecular weight is 1170 g/mol. The summed E-state index contributed by atoms with van der Waals surface area (Å²) in [6.45, 7) is 2.72. The molecule has 4 aliphatic rings. The van der Waals surface area contributed by atoms with Crippen LogP contribution in [0.25, 0.3) is 0 Å². The fourth-order valence-corrected chi connectivity index (χ4v) is 10.9. The third-order valence-electron chi connectivity index (χ3n) is 15.8. The number of nitrogens with zero attached hydrogens (tertiary/aromatic N) is 4. The van der Waals surface area contributed by atoms with E-state index >= 15 is 0 Å². The average Bonchev–Trinajstić information content (AvgIpc) is 3.42. The van der Waals surface area contributed by atoms with Gasteiger partial charge in [-0.2, -0.15) is 52.7 Å². The lowest BCUT2D eigenvalue weighted by molar-refractivity contribution is -0.147. The molecule has 13 nitrogen and oxygen atoms in total. The molecule has 2 amide bonds. The zero-order valence-electron chi connectivity index (χ0n) is 44.8. The zero-order valence-corrected chi connectivity index (χ0v) is 44.8. The first-order valence-corrected chi connectivity index (χ1v) is 25.8. The zero-order chi connectivity index (χ0) is 60.1. The van der Waals surface area contributed by atoms with Crippen LogP contribution in [-0.2, 0) is 73.8 Å². The molecule has 0 spiro atoms. The van der Waals surface area contributed by atoms with Gasteiger partial charge in [-0.15, -0.1) is 0 Å². The Kier molecular flexibility index (Phi) is 18.8. The Bertz CT molecular complexity index is 2710. The highest BCUT2D eigenvalue weighted by atomic mass is 19.4. The molecule has 0 radical (unpaired) electrons. The van der Waals surface area contributed by atoms with E-state index in [-0.39, 0.29) is 80.8 Å². The van der Waals surface area contributed by atoms with E-state index < -0.39 is 93.1 Å². The monoisotopic (exact) mass is 1170 g/mol. The Hall–Kier alpha value is -6.86. The molecule has 1 N–H and O–H groups in total. The molecule has 0 aromatic heterocycles. The van der Waals surface area contributed by atoms with E-state index in [4.69, 9.17) is 18.9 Å². The maximum absolute atomic E-state index is 13.4. The number of methoxy groups -OCH3 is 2. The smallest absolute Gasteiger partial charge is 0.416 e. The van der Waals surface area contributed by atoms with Gasteiger partial charge in [0.2, 0.25) is 11.8 Å². The van der Waals surface area contributed by atoms with Gasteiger partial charge >= 0.3 is 36.6 Å². The number of rotatable bonds is 16. The molecule has 4 aromatic carbocycles. The second-order valence-corrected chi connectivity index (χ2v) is 20.9. The third-order valence-corrected chi connectivity index (χ3v) is 15.8. The lowest BCUT2D eigenvalue weighted by Gasteiger charge is -2.50. The van der Waals surface area contributed by atoms with E-state index in [0.717, 1.165) is 11.1 Å². The van der Waals surface area contributed by atoms with E-state index in [2.05, 4.69) is 15.3 Å². The molecule has 4 aromatic rings. The molecule has 3 heterocycles. The molecule has 0 bridgehead atoms. The van der Waals surface area contributed by atoms with Crippen molar-refractivity contribution in [2.24, 2.45) is 9.98 Å². The van der Waals surface area contributed by atoms with Crippen LogP contribution in [0.1, 0.15) is 122 Å². The number of carbonyl (C=O) groups excluding carboxylic acids is 4. The van der Waals surface area contributed by atoms with Crippen molar-refractivity contribution >= 4 is 36.4 Å². The standard InChI is InChI=1S/C29H30F6N2O4.C28H29F6N3O4/c1-19(20-12-22(28(30,31)32)14-23(13-20)29(33,34)35)41-17-26(21-6-4-3-5-7-21)8-10-27(11-9-26,15-25(39)40-2)37-18-36-16-24(37)38;1-18(19-10-21(27(29,30)31)12-22(11-19)28(32,33)34)41-16-26(20-6-4-3-5-7-20)9-8-25(15-36-26,13-24(39)40-2)37-17-35-14-23(37)38/h3-7,12-14,18-19H,8-11,15-17H2,1-2H3;3-7,10-12,17-18,36H,8-9,13-16H2,1-2H3/t19-,26?,27?;18-,25-,26-/m11/s1. The first-order valence-electron chi connectivity index (χ1n) is 25.8. The van der Waals surface area contributed by atoms with Crippen molar-refractivity contribution in [3.8, 4) is 0 Å². The van der Waals surface area contributed by atoms with Crippen molar-refractivity contribution in [3.05, 3.63) is 142 Å². The van der Waals surface area contributed by atoms with Gasteiger partial charge in [-0.1, -0.05) is 60.7 Å². The van der Waals surface area contributed by atoms with Gasteiger partial charge in [-0.3, -0.25) is 39.0 Å². The van der Waals surface area contributed by atoms with Gasteiger partial charge in [0.05, 0.1) is 104 Å². The Morgan fingerprint density at radius 3 is 1.28 bits per heavy atom. The number of alkyl halides is 12. The Morgan fingerprint density at radius 2 is 0.915 bits per heavy atom. The number of esters is 2. The largest absolute Gasteiger partial charge is 0.469 e. The van der Waals surface area contributed by atoms with E-state index in [1.165, 1.54) is 50.5 Å². The highest BCUT2D eigenvalue weighted by Gasteiger charge is 2.52. The van der Waals surface area contributed by atoms with Gasteiger partial charge in [0.1, 0.15) is 13.1 Å². The molecule has 1 aliphatic carbocycles. The number of carbonyl (C=O) groups is 4. The summed E-state index contributed by atoms with van der Waals surface area (Å²) in [6, 6.07) is 21.1. The lowest BCUT2D eigenvalue weighted by atomic mass is 9.63. The summed E-state index contributed by atoms with van der Waals surface area (Å²) in [4.78, 5) is 60.9. The Morgan fingerprint density at radius 1 is 0.537 bits per heavy atom. The lowest BCUT2D eigenvalue weighted by Crippen LogP contribution is -2.65. The molecule has 82 heavy (non-hydrogen) atoms. The molecule has 444 valence electrons. The summed E-state index contributed by atoms with van der Waals surface area (Å²) in [5.74, 6) is -1.53. The van der Waals surface area contributed by atoms with Gasteiger partial charge < -0.3 is 24.3 Å². The van der Waals surface area contributed by atoms with E-state index in [0.29, 0.717) is 62.8 Å². The van der Waals surface area contributed by atoms with Crippen molar-refractivity contribution < 1.29 is 90.8 Å². The van der Waals surface area contributed by atoms with Gasteiger partial charge in [0, 0.05) is 12.0 Å². The summed E-state index contributed by atoms with van der Waals surface area (Å²) in [5.41, 5.74) is -8.00. The number of piperidine rings is 1. The molecule has 1 saturated heterocycles. The predicted molar refractivity (Wildman–Crippen MR) is 273 cm³/mol. The number of hydrogen-bond acceptors (Lipinski definition) is 11. The van der Waals surface area contributed by atoms with Crippen molar-refractivity contribution in [3.63, 3.8) is 0 Å². The highest BCUT2D eigenvalue weighted by molar-refractivity contribution is 5.96. The Labute approximate surface area is 464 Å². The minimum absolute atomic E-state index is 0.00782. The molecule has 1 saturated carbocycles. The van der Waals surface area contributed by atoms with E-state index in [1.807, 2.05) is 42.5 Å². The molecular weight excluding hydrogens is 1110 g/mol. The van der Waals surface area contributed by atoms with Crippen LogP contribution in [0.4, 0.5) is 52.7 Å². The van der Waals surface area contributed by atoms with Gasteiger partial charge in [0.25, 0.3) is 0 Å². The maximum Gasteiger partial charge on any atom is 0.416 e. The predicted octanol–water partition coefficient (Wildman–Crippen LogP) is 11.7. The molecule has 0 unspecified atom stereocenters. The van der Waals surface area contributed by atoms with Crippen LogP contribution >= 0.6 is 0 Å². The summed E-state index contributed by atoms with van der Waals surface area (Å²) in [5, 5.41) is 3.40. The topological polar surface area (TPSA) is 148 Å². The van der Waals surface area contributed by atoms with Crippen LogP contribution in [0.5, 0.6) is 0 Å². The normalized spacial score (nSPS) is 24.0. The molecular formula is C57H59F12N5O8. The second kappa shape index (κ2) is 24.5. The van der Waals surface area contributed by atoms with Crippen LogP contribution in [0, 0.1) is 0 Å². The number of nitrogens with one attached hydrogen (secondary N) is 1. The summed E-state index contributed by atoms with van der Waals surface area (Å²) < 4.78 is 183. The SMILES string of the molecule is COC(=O)CC1(N2C=NCC2=O)CCC(CO[C@H](C)c2cc(C(F)(F)F)cc(C(F)(F)F)c2)(c2ccccc2)CC1.COC(=O)C[C@]1(N2C=NCC2=O)CC[C@@](CO[C@H](C)c2cc(C(F)(F)F)cc(C(F)(F)F)c2)(c2ccccc2)NC1. The van der Waals surface area contributed by atoms with Crippen LogP contribution in [0.2, 0.25) is 0 Å². The number of hydrogen-bond donors (Lipinski definition) is 1. The van der Waals surface area contributed by atoms with Crippen LogP contribution in [0.3, 0.4) is 0 Å². The van der Waals surface area contributed by atoms with Gasteiger partial charge in [0.15, 0.2) is 0 Å². The van der Waals surface area contributed by atoms with E-state index in [1.54, 1.807) is 18.2 Å². The molecule has 3 aliphatic heterocycles. The number of ether oxygens (including phenoxy) is 4. The van der Waals surface area contributed by atoms with Crippen LogP contribution < -0.4 is 5.32 Å². The summed E-state index contributed by atoms with van der Waals surface area (Å²) in [6.07, 6.45) is -17.2. The number of amides is 2. The van der Waals surface area contributed by atoms with Gasteiger partial charge in [-0.25, -0.2) is 0 Å². The Balaban J connectivity index is 0.000000236. The minimum atomic E-state index is -4.98. The first-order chi connectivity index (χ1) is 38.4. The fourth-order valence-electron chi connectivity index (χ4n) is 10.9. The molecule has 25 heteroatoms. The van der Waals surface area contributed by atoms with Crippen LogP contribution in [-0.4, -0.2) is 104 Å². The quantitative estimate of drug-likeness (QED) is 0.0855. The van der Waals surface area contributed by atoms with Crippen molar-refractivity contribution in [2.75, 3.05) is 47.1 Å². The number of aliphatic imine (C=N–C) groups is 2. The van der Waals surface area contributed by atoms with E-state index in [9.17, 15) is 71.9 Å². The van der Waals surface area contributed by atoms with Gasteiger partial charge in [-0.05, 0) is 111 Å². The minimum Gasteiger partial charge on any atom is -0.469 e. The van der Waals surface area contributed by atoms with Crippen molar-refractivity contribution in [1.29, 1.82) is 0 Å².